The molecule has 1 aromatic rings. The van der Waals surface area contributed by atoms with Gasteiger partial charge in [-0.3, -0.25) is 14.3 Å². The summed E-state index contributed by atoms with van der Waals surface area (Å²) in [5.74, 6) is 0. The number of nitrogens with zero attached hydrogens (tertiary/aromatic N) is 1. The lowest BCUT2D eigenvalue weighted by molar-refractivity contribution is -0.0562. The van der Waals surface area contributed by atoms with E-state index in [1.54, 1.807) is 6.08 Å². The summed E-state index contributed by atoms with van der Waals surface area (Å²) < 4.78 is 12.3. The van der Waals surface area contributed by atoms with Crippen molar-refractivity contribution in [1.29, 1.82) is 0 Å². The van der Waals surface area contributed by atoms with E-state index in [-0.39, 0.29) is 6.10 Å². The molecule has 0 saturated heterocycles. The van der Waals surface area contributed by atoms with Crippen LogP contribution in [0.5, 0.6) is 0 Å². The number of ether oxygens (including phenoxy) is 2. The van der Waals surface area contributed by atoms with E-state index in [0.717, 1.165) is 0 Å². The predicted molar refractivity (Wildman–Crippen MR) is 72.2 cm³/mol. The van der Waals surface area contributed by atoms with Crippen molar-refractivity contribution in [2.75, 3.05) is 13.2 Å². The molecule has 0 aromatic carbocycles. The number of nitrogens with one attached hydrogen (secondary N) is 1. The molecule has 1 rings (SSSR count). The molecule has 0 aliphatic carbocycles. The third-order valence-electron chi connectivity index (χ3n) is 2.34. The van der Waals surface area contributed by atoms with Gasteiger partial charge in [0.1, 0.15) is 6.23 Å². The highest BCUT2D eigenvalue weighted by atomic mass is 16.5. The van der Waals surface area contributed by atoms with Gasteiger partial charge < -0.3 is 9.47 Å². The van der Waals surface area contributed by atoms with E-state index in [9.17, 15) is 9.59 Å². The minimum absolute atomic E-state index is 0.0387. The van der Waals surface area contributed by atoms with Gasteiger partial charge in [0.2, 0.25) is 0 Å². The van der Waals surface area contributed by atoms with Crippen molar-refractivity contribution in [1.82, 2.24) is 9.55 Å². The van der Waals surface area contributed by atoms with E-state index >= 15 is 0 Å². The minimum Gasteiger partial charge on any atom is -0.377 e. The van der Waals surface area contributed by atoms with Crippen LogP contribution < -0.4 is 11.2 Å². The molecule has 6 heteroatoms. The molecule has 106 valence electrons. The summed E-state index contributed by atoms with van der Waals surface area (Å²) in [4.78, 5) is 25.0. The number of aromatic amines is 1. The summed E-state index contributed by atoms with van der Waals surface area (Å²) in [6.07, 6.45) is 3.10. The van der Waals surface area contributed by atoms with Gasteiger partial charge in [-0.05, 0) is 13.8 Å². The highest BCUT2D eigenvalue weighted by Crippen LogP contribution is 2.13. The summed E-state index contributed by atoms with van der Waals surface area (Å²) in [6, 6.07) is 1.29. The van der Waals surface area contributed by atoms with E-state index in [0.29, 0.717) is 19.6 Å². The lowest BCUT2D eigenvalue weighted by Gasteiger charge is -2.22. The second-order valence-corrected chi connectivity index (χ2v) is 4.31. The molecule has 1 aromatic heterocycles. The number of rotatable bonds is 8. The van der Waals surface area contributed by atoms with Crippen molar-refractivity contribution < 1.29 is 9.47 Å². The summed E-state index contributed by atoms with van der Waals surface area (Å²) in [5, 5.41) is 0. The van der Waals surface area contributed by atoms with Crippen molar-refractivity contribution in [3.05, 3.63) is 45.8 Å². The normalized spacial score (nSPS) is 12.6. The van der Waals surface area contributed by atoms with Crippen LogP contribution >= 0.6 is 0 Å². The second-order valence-electron chi connectivity index (χ2n) is 4.31. The van der Waals surface area contributed by atoms with Gasteiger partial charge in [0.25, 0.3) is 5.56 Å². The molecular weight excluding hydrogens is 248 g/mol. The van der Waals surface area contributed by atoms with Gasteiger partial charge in [0.15, 0.2) is 0 Å². The Bertz CT molecular complexity index is 504. The van der Waals surface area contributed by atoms with Crippen LogP contribution in [0.15, 0.2) is 34.5 Å². The van der Waals surface area contributed by atoms with Crippen molar-refractivity contribution >= 4 is 0 Å². The molecule has 0 amide bonds. The fraction of sp³-hybridized carbons (Fsp3) is 0.538. The van der Waals surface area contributed by atoms with Crippen LogP contribution in [-0.4, -0.2) is 28.9 Å². The van der Waals surface area contributed by atoms with Gasteiger partial charge in [0.05, 0.1) is 19.3 Å². The Balaban J connectivity index is 2.80. The molecule has 0 saturated carbocycles. The smallest absolute Gasteiger partial charge is 0.330 e. The highest BCUT2D eigenvalue weighted by Gasteiger charge is 2.14. The van der Waals surface area contributed by atoms with Crippen molar-refractivity contribution in [3.63, 3.8) is 0 Å². The van der Waals surface area contributed by atoms with Crippen LogP contribution in [0.25, 0.3) is 0 Å². The van der Waals surface area contributed by atoms with Crippen LogP contribution in [0.3, 0.4) is 0 Å². The molecule has 1 heterocycles. The Kier molecular flexibility index (Phi) is 6.24. The number of hydrogen-bond acceptors (Lipinski definition) is 4. The van der Waals surface area contributed by atoms with Crippen molar-refractivity contribution in [2.45, 2.75) is 32.6 Å². The summed E-state index contributed by atoms with van der Waals surface area (Å²) in [7, 11) is 0. The van der Waals surface area contributed by atoms with E-state index < -0.39 is 17.5 Å². The van der Waals surface area contributed by atoms with Gasteiger partial charge >= 0.3 is 5.69 Å². The minimum atomic E-state index is -0.484. The number of hydrogen-bond donors (Lipinski definition) is 1. The number of aromatic nitrogens is 2. The van der Waals surface area contributed by atoms with Crippen molar-refractivity contribution in [2.24, 2.45) is 0 Å². The first-order chi connectivity index (χ1) is 9.04. The third kappa shape index (κ3) is 5.23. The van der Waals surface area contributed by atoms with Gasteiger partial charge in [-0.15, -0.1) is 6.58 Å². The van der Waals surface area contributed by atoms with E-state index in [2.05, 4.69) is 11.6 Å². The molecule has 0 bridgehead atoms. The van der Waals surface area contributed by atoms with Crippen LogP contribution in [0.4, 0.5) is 0 Å². The van der Waals surface area contributed by atoms with Gasteiger partial charge in [-0.25, -0.2) is 4.79 Å². The van der Waals surface area contributed by atoms with Gasteiger partial charge in [0, 0.05) is 18.7 Å². The summed E-state index contributed by atoms with van der Waals surface area (Å²) in [6.45, 7) is 8.22. The Labute approximate surface area is 111 Å². The maximum Gasteiger partial charge on any atom is 0.330 e. The fourth-order valence-corrected chi connectivity index (χ4v) is 1.59. The van der Waals surface area contributed by atoms with Crippen LogP contribution in [0.1, 0.15) is 26.5 Å². The molecule has 6 nitrogen and oxygen atoms in total. The average molecular weight is 268 g/mol. The van der Waals surface area contributed by atoms with E-state index in [4.69, 9.17) is 9.47 Å². The third-order valence-corrected chi connectivity index (χ3v) is 2.34. The quantitative estimate of drug-likeness (QED) is 0.565. The van der Waals surface area contributed by atoms with E-state index in [1.165, 1.54) is 16.8 Å². The van der Waals surface area contributed by atoms with Gasteiger partial charge in [-0.2, -0.15) is 0 Å². The monoisotopic (exact) mass is 268 g/mol. The summed E-state index contributed by atoms with van der Waals surface area (Å²) >= 11 is 0. The fourth-order valence-electron chi connectivity index (χ4n) is 1.59. The number of H-pyrrole nitrogens is 1. The molecule has 19 heavy (non-hydrogen) atoms. The molecule has 0 aliphatic heterocycles. The first kappa shape index (κ1) is 15.4. The van der Waals surface area contributed by atoms with Crippen LogP contribution in [0, 0.1) is 0 Å². The maximum atomic E-state index is 11.7. The molecule has 1 atom stereocenters. The SMILES string of the molecule is C=CCOCC[C@H](OC(C)C)n1ccc(=O)[nH]c1=O. The Hall–Kier alpha value is -1.66. The zero-order valence-corrected chi connectivity index (χ0v) is 11.3. The van der Waals surface area contributed by atoms with E-state index in [1.807, 2.05) is 13.8 Å². The Morgan fingerprint density at radius 1 is 1.47 bits per heavy atom. The molecule has 0 fully saturated rings. The topological polar surface area (TPSA) is 73.3 Å². The predicted octanol–water partition coefficient (Wildman–Crippen LogP) is 1.05. The standard InChI is InChI=1S/C13H20N2O4/c1-4-8-18-9-6-12(19-10(2)3)15-7-5-11(16)14-13(15)17/h4-5,7,10,12H,1,6,8-9H2,2-3H3,(H,14,16,17)/t12-/m0/s1. The Morgan fingerprint density at radius 2 is 2.21 bits per heavy atom. The second kappa shape index (κ2) is 7.70. The average Bonchev–Trinajstić information content (AvgIpc) is 2.33. The van der Waals surface area contributed by atoms with Gasteiger partial charge in [-0.1, -0.05) is 6.08 Å². The lowest BCUT2D eigenvalue weighted by Crippen LogP contribution is -2.34. The summed E-state index contributed by atoms with van der Waals surface area (Å²) in [5.41, 5.74) is -0.908. The molecule has 1 N–H and O–H groups in total. The largest absolute Gasteiger partial charge is 0.377 e. The van der Waals surface area contributed by atoms with Crippen LogP contribution in [0.2, 0.25) is 0 Å². The van der Waals surface area contributed by atoms with Crippen molar-refractivity contribution in [3.8, 4) is 0 Å². The zero-order valence-electron chi connectivity index (χ0n) is 11.3. The van der Waals surface area contributed by atoms with Crippen LogP contribution in [-0.2, 0) is 9.47 Å². The maximum absolute atomic E-state index is 11.7. The highest BCUT2D eigenvalue weighted by molar-refractivity contribution is 4.84. The molecular formula is C13H20N2O4. The molecule has 0 aliphatic rings. The Morgan fingerprint density at radius 3 is 2.79 bits per heavy atom. The first-order valence-corrected chi connectivity index (χ1v) is 6.20. The molecule has 0 unspecified atom stereocenters. The molecule has 0 radical (unpaired) electrons. The first-order valence-electron chi connectivity index (χ1n) is 6.20. The molecule has 0 spiro atoms. The lowest BCUT2D eigenvalue weighted by atomic mass is 10.3. The zero-order chi connectivity index (χ0) is 14.3.